The Labute approximate surface area is 173 Å². The predicted molar refractivity (Wildman–Crippen MR) is 109 cm³/mol. The third-order valence-electron chi connectivity index (χ3n) is 5.44. The molecule has 2 aromatic carbocycles. The lowest BCUT2D eigenvalue weighted by atomic mass is 10.0. The molecule has 1 aliphatic heterocycles. The Kier molecular flexibility index (Phi) is 5.40. The van der Waals surface area contributed by atoms with Gasteiger partial charge >= 0.3 is 6.18 Å². The van der Waals surface area contributed by atoms with Crippen molar-refractivity contribution < 1.29 is 18.3 Å². The van der Waals surface area contributed by atoms with Crippen LogP contribution in [0.1, 0.15) is 34.5 Å². The van der Waals surface area contributed by atoms with Gasteiger partial charge < -0.3 is 9.67 Å². The fourth-order valence-corrected chi connectivity index (χ4v) is 3.60. The highest BCUT2D eigenvalue weighted by Gasteiger charge is 2.30. The number of rotatable bonds is 2. The summed E-state index contributed by atoms with van der Waals surface area (Å²) in [6.07, 6.45) is -0.585. The summed E-state index contributed by atoms with van der Waals surface area (Å²) in [6.45, 7) is 2.71. The molecule has 3 aromatic rings. The van der Waals surface area contributed by atoms with Crippen molar-refractivity contribution in [2.75, 3.05) is 6.61 Å². The smallest absolute Gasteiger partial charge is 0.396 e. The molecule has 0 bridgehead atoms. The number of nitrogens with zero attached hydrogens (tertiary/aromatic N) is 2. The largest absolute Gasteiger partial charge is 0.416 e. The van der Waals surface area contributed by atoms with Crippen LogP contribution in [-0.4, -0.2) is 21.3 Å². The molecule has 0 saturated carbocycles. The third kappa shape index (κ3) is 4.27. The summed E-state index contributed by atoms with van der Waals surface area (Å²) in [6, 6.07) is 11.1. The van der Waals surface area contributed by atoms with E-state index in [2.05, 4.69) is 16.4 Å². The van der Waals surface area contributed by atoms with Gasteiger partial charge in [-0.05, 0) is 43.2 Å². The molecule has 6 heteroatoms. The van der Waals surface area contributed by atoms with Crippen molar-refractivity contribution in [2.24, 2.45) is 5.92 Å². The Morgan fingerprint density at radius 3 is 2.60 bits per heavy atom. The van der Waals surface area contributed by atoms with Crippen LogP contribution in [0.25, 0.3) is 11.3 Å². The maximum absolute atomic E-state index is 12.9. The summed E-state index contributed by atoms with van der Waals surface area (Å²) in [5.41, 5.74) is 2.93. The highest BCUT2D eigenvalue weighted by molar-refractivity contribution is 5.60. The van der Waals surface area contributed by atoms with Crippen LogP contribution in [0.2, 0.25) is 0 Å². The highest BCUT2D eigenvalue weighted by Crippen LogP contribution is 2.30. The molecular formula is C24H21F3N2O. The summed E-state index contributed by atoms with van der Waals surface area (Å²) in [5.74, 6) is 7.11. The van der Waals surface area contributed by atoms with Crippen LogP contribution in [0, 0.1) is 24.7 Å². The number of fused-ring (bicyclic) bond motifs is 1. The van der Waals surface area contributed by atoms with Gasteiger partial charge in [0.1, 0.15) is 5.82 Å². The van der Waals surface area contributed by atoms with E-state index in [-0.39, 0.29) is 12.5 Å². The number of alkyl halides is 3. The van der Waals surface area contributed by atoms with Crippen LogP contribution in [-0.2, 0) is 19.1 Å². The molecule has 4 rings (SSSR count). The van der Waals surface area contributed by atoms with Crippen molar-refractivity contribution in [3.8, 4) is 23.1 Å². The van der Waals surface area contributed by atoms with Gasteiger partial charge in [0.2, 0.25) is 0 Å². The molecule has 30 heavy (non-hydrogen) atoms. The van der Waals surface area contributed by atoms with E-state index < -0.39 is 11.7 Å². The number of aromatic nitrogens is 2. The predicted octanol–water partition coefficient (Wildman–Crippen LogP) is 4.83. The van der Waals surface area contributed by atoms with Crippen molar-refractivity contribution in [3.05, 3.63) is 76.7 Å². The van der Waals surface area contributed by atoms with E-state index in [4.69, 9.17) is 4.98 Å². The second-order valence-corrected chi connectivity index (χ2v) is 7.64. The zero-order valence-corrected chi connectivity index (χ0v) is 16.5. The first-order valence-corrected chi connectivity index (χ1v) is 9.80. The van der Waals surface area contributed by atoms with Crippen molar-refractivity contribution in [1.82, 2.24) is 9.55 Å². The topological polar surface area (TPSA) is 38.0 Å². The number of imidazole rings is 1. The molecule has 1 aromatic heterocycles. The summed E-state index contributed by atoms with van der Waals surface area (Å²) >= 11 is 0. The van der Waals surface area contributed by atoms with E-state index in [0.29, 0.717) is 11.1 Å². The molecule has 154 valence electrons. The minimum atomic E-state index is -4.38. The molecule has 1 atom stereocenters. The zero-order valence-electron chi connectivity index (χ0n) is 16.5. The Morgan fingerprint density at radius 2 is 1.90 bits per heavy atom. The molecule has 2 heterocycles. The van der Waals surface area contributed by atoms with Crippen LogP contribution in [0.3, 0.4) is 0 Å². The lowest BCUT2D eigenvalue weighted by Crippen LogP contribution is -2.22. The highest BCUT2D eigenvalue weighted by atomic mass is 19.4. The molecule has 0 radical (unpaired) electrons. The quantitative estimate of drug-likeness (QED) is 0.615. The molecule has 1 aliphatic rings. The van der Waals surface area contributed by atoms with E-state index in [9.17, 15) is 18.3 Å². The van der Waals surface area contributed by atoms with Crippen LogP contribution in [0.4, 0.5) is 13.2 Å². The Morgan fingerprint density at radius 1 is 1.13 bits per heavy atom. The van der Waals surface area contributed by atoms with Gasteiger partial charge in [-0.2, -0.15) is 13.2 Å². The van der Waals surface area contributed by atoms with Crippen molar-refractivity contribution in [2.45, 2.75) is 32.5 Å². The van der Waals surface area contributed by atoms with Gasteiger partial charge in [0.15, 0.2) is 0 Å². The van der Waals surface area contributed by atoms with Crippen LogP contribution >= 0.6 is 0 Å². The van der Waals surface area contributed by atoms with Crippen molar-refractivity contribution in [1.29, 1.82) is 0 Å². The Bertz CT molecular complexity index is 1120. The molecule has 3 nitrogen and oxygen atoms in total. The monoisotopic (exact) mass is 410 g/mol. The van der Waals surface area contributed by atoms with E-state index in [1.165, 1.54) is 6.07 Å². The number of aliphatic hydroxyl groups is 1. The summed E-state index contributed by atoms with van der Waals surface area (Å²) in [7, 11) is 0. The SMILES string of the molecule is Cc1ccc(C(F)(F)F)cc1C#Cc1ccc(-c2cn3c(n2)CCC(CO)C3)cc1. The normalized spacial score (nSPS) is 16.0. The first-order chi connectivity index (χ1) is 14.3. The fraction of sp³-hybridized carbons (Fsp3) is 0.292. The van der Waals surface area contributed by atoms with Gasteiger partial charge in [-0.15, -0.1) is 0 Å². The number of halogens is 3. The number of hydrogen-bond acceptors (Lipinski definition) is 2. The molecule has 1 N–H and O–H groups in total. The van der Waals surface area contributed by atoms with Crippen molar-refractivity contribution in [3.63, 3.8) is 0 Å². The van der Waals surface area contributed by atoms with Crippen LogP contribution < -0.4 is 0 Å². The molecule has 0 amide bonds. The second kappa shape index (κ2) is 8.00. The first kappa shape index (κ1) is 20.2. The van der Waals surface area contributed by atoms with Crippen LogP contribution in [0.5, 0.6) is 0 Å². The minimum Gasteiger partial charge on any atom is -0.396 e. The maximum atomic E-state index is 12.9. The fourth-order valence-electron chi connectivity index (χ4n) is 3.60. The lowest BCUT2D eigenvalue weighted by molar-refractivity contribution is -0.137. The number of aliphatic hydroxyl groups excluding tert-OH is 1. The molecule has 1 unspecified atom stereocenters. The second-order valence-electron chi connectivity index (χ2n) is 7.64. The third-order valence-corrected chi connectivity index (χ3v) is 5.44. The molecule has 0 aliphatic carbocycles. The van der Waals surface area contributed by atoms with Gasteiger partial charge in [0, 0.05) is 48.4 Å². The number of hydrogen-bond donors (Lipinski definition) is 1. The van der Waals surface area contributed by atoms with Gasteiger partial charge in [-0.25, -0.2) is 4.98 Å². The average molecular weight is 410 g/mol. The lowest BCUT2D eigenvalue weighted by Gasteiger charge is -2.21. The van der Waals surface area contributed by atoms with Crippen molar-refractivity contribution >= 4 is 0 Å². The minimum absolute atomic E-state index is 0.186. The zero-order chi connectivity index (χ0) is 21.3. The summed E-state index contributed by atoms with van der Waals surface area (Å²) < 4.78 is 40.9. The van der Waals surface area contributed by atoms with E-state index in [0.717, 1.165) is 54.2 Å². The van der Waals surface area contributed by atoms with Gasteiger partial charge in [-0.1, -0.05) is 30.0 Å². The number of benzene rings is 2. The molecule has 0 fully saturated rings. The Hall–Kier alpha value is -3.04. The average Bonchev–Trinajstić information content (AvgIpc) is 3.16. The van der Waals surface area contributed by atoms with E-state index in [1.54, 1.807) is 6.92 Å². The van der Waals surface area contributed by atoms with E-state index in [1.807, 2.05) is 30.5 Å². The van der Waals surface area contributed by atoms with Crippen LogP contribution in [0.15, 0.2) is 48.7 Å². The molecule has 0 saturated heterocycles. The van der Waals surface area contributed by atoms with Gasteiger partial charge in [0.05, 0.1) is 11.3 Å². The summed E-state index contributed by atoms with van der Waals surface area (Å²) in [5, 5.41) is 9.37. The van der Waals surface area contributed by atoms with Gasteiger partial charge in [-0.3, -0.25) is 0 Å². The molecule has 0 spiro atoms. The summed E-state index contributed by atoms with van der Waals surface area (Å²) in [4.78, 5) is 4.70. The van der Waals surface area contributed by atoms with E-state index >= 15 is 0 Å². The standard InChI is InChI=1S/C24H21F3N2O/c1-16-2-10-21(24(25,26)27)12-20(16)9-5-17-3-7-19(8-4-17)22-14-29-13-18(15-30)6-11-23(29)28-22/h2-4,7-8,10,12,14,18,30H,6,11,13,15H2,1H3. The van der Waals surface area contributed by atoms with Gasteiger partial charge in [0.25, 0.3) is 0 Å². The first-order valence-electron chi connectivity index (χ1n) is 9.80. The number of aryl methyl sites for hydroxylation is 2. The maximum Gasteiger partial charge on any atom is 0.416 e. The Balaban J connectivity index is 1.54. The molecular weight excluding hydrogens is 389 g/mol.